The van der Waals surface area contributed by atoms with E-state index >= 15 is 0 Å². The molecule has 2 aromatic heterocycles. The van der Waals surface area contributed by atoms with Crippen LogP contribution in [0.25, 0.3) is 21.9 Å². The summed E-state index contributed by atoms with van der Waals surface area (Å²) >= 11 is 6.29. The van der Waals surface area contributed by atoms with Crippen LogP contribution in [0, 0.1) is 5.82 Å². The van der Waals surface area contributed by atoms with Gasteiger partial charge >= 0.3 is 0 Å². The minimum atomic E-state index is -0.445. The maximum absolute atomic E-state index is 14.1. The number of benzene rings is 3. The first-order valence-electron chi connectivity index (χ1n) is 11.2. The Balaban J connectivity index is 1.58. The lowest BCUT2D eigenvalue weighted by Gasteiger charge is -2.11. The van der Waals surface area contributed by atoms with Crippen LogP contribution in [0.15, 0.2) is 77.9 Å². The molecule has 0 radical (unpaired) electrons. The molecular weight excluding hydrogens is 467 g/mol. The average molecular weight is 489 g/mol. The summed E-state index contributed by atoms with van der Waals surface area (Å²) in [7, 11) is 0. The largest absolute Gasteiger partial charge is 0.325 e. The highest BCUT2D eigenvalue weighted by Crippen LogP contribution is 2.27. The van der Waals surface area contributed by atoms with E-state index in [1.807, 2.05) is 42.5 Å². The number of aromatic nitrogens is 3. The van der Waals surface area contributed by atoms with Gasteiger partial charge in [0, 0.05) is 16.1 Å². The number of hydrogen-bond acceptors (Lipinski definition) is 3. The number of anilines is 1. The van der Waals surface area contributed by atoms with Crippen molar-refractivity contribution in [3.05, 3.63) is 105 Å². The van der Waals surface area contributed by atoms with Crippen molar-refractivity contribution in [2.75, 3.05) is 5.32 Å². The normalized spacial score (nSPS) is 11.3. The first-order valence-corrected chi connectivity index (χ1v) is 11.6. The molecule has 0 aliphatic heterocycles. The number of rotatable bonds is 6. The molecule has 0 atom stereocenters. The molecule has 5 aromatic rings. The van der Waals surface area contributed by atoms with Crippen molar-refractivity contribution in [3.63, 3.8) is 0 Å². The zero-order chi connectivity index (χ0) is 24.5. The number of amides is 1. The molecule has 5 rings (SSSR count). The summed E-state index contributed by atoms with van der Waals surface area (Å²) in [5, 5.41) is 3.88. The summed E-state index contributed by atoms with van der Waals surface area (Å²) in [6, 6.07) is 19.0. The van der Waals surface area contributed by atoms with Gasteiger partial charge in [0.1, 0.15) is 23.4 Å². The van der Waals surface area contributed by atoms with Crippen LogP contribution in [0.1, 0.15) is 18.1 Å². The number of carbonyl (C=O) groups excluding carboxylic acids is 1. The van der Waals surface area contributed by atoms with Gasteiger partial charge in [-0.1, -0.05) is 48.9 Å². The van der Waals surface area contributed by atoms with E-state index in [-0.39, 0.29) is 30.1 Å². The molecule has 1 N–H and O–H groups in total. The molecule has 0 unspecified atom stereocenters. The van der Waals surface area contributed by atoms with Gasteiger partial charge in [-0.15, -0.1) is 0 Å². The van der Waals surface area contributed by atoms with Crippen LogP contribution in [0.4, 0.5) is 10.1 Å². The third-order valence-electron chi connectivity index (χ3n) is 6.03. The van der Waals surface area contributed by atoms with E-state index in [1.165, 1.54) is 23.0 Å². The number of nitrogens with one attached hydrogen (secondary N) is 1. The lowest BCUT2D eigenvalue weighted by atomic mass is 10.1. The SMILES string of the molecule is CCc1ccc(NC(=O)Cn2c3ccc(F)cc3c3ncn(Cc4ccccc4Cl)c(=O)c32)cc1. The van der Waals surface area contributed by atoms with Crippen LogP contribution in [0.3, 0.4) is 0 Å². The standard InChI is InChI=1S/C27H22ClFN4O2/c1-2-17-7-10-20(11-8-17)31-24(34)15-33-23-12-9-19(29)13-21(23)25-26(33)27(35)32(16-30-25)14-18-5-3-4-6-22(18)28/h3-13,16H,2,14-15H2,1H3,(H,31,34). The zero-order valence-electron chi connectivity index (χ0n) is 19.0. The maximum Gasteiger partial charge on any atom is 0.278 e. The zero-order valence-corrected chi connectivity index (χ0v) is 19.7. The molecule has 176 valence electrons. The summed E-state index contributed by atoms with van der Waals surface area (Å²) in [6.45, 7) is 2.15. The lowest BCUT2D eigenvalue weighted by Crippen LogP contribution is -2.25. The van der Waals surface area contributed by atoms with Gasteiger partial charge in [0.05, 0.1) is 18.4 Å². The van der Waals surface area contributed by atoms with Gasteiger partial charge in [0.15, 0.2) is 0 Å². The lowest BCUT2D eigenvalue weighted by molar-refractivity contribution is -0.116. The quantitative estimate of drug-likeness (QED) is 0.348. The minimum absolute atomic E-state index is 0.131. The molecule has 35 heavy (non-hydrogen) atoms. The fourth-order valence-corrected chi connectivity index (χ4v) is 4.42. The molecule has 6 nitrogen and oxygen atoms in total. The predicted octanol–water partition coefficient (Wildman–Crippen LogP) is 5.39. The van der Waals surface area contributed by atoms with E-state index in [1.54, 1.807) is 16.7 Å². The highest BCUT2D eigenvalue weighted by atomic mass is 35.5. The van der Waals surface area contributed by atoms with Crippen molar-refractivity contribution >= 4 is 45.1 Å². The minimum Gasteiger partial charge on any atom is -0.325 e. The fraction of sp³-hybridized carbons (Fsp3) is 0.148. The van der Waals surface area contributed by atoms with Crippen LogP contribution in [0.2, 0.25) is 5.02 Å². The van der Waals surface area contributed by atoms with Gasteiger partial charge < -0.3 is 9.88 Å². The molecule has 0 saturated heterocycles. The number of carbonyl (C=O) groups is 1. The third kappa shape index (κ3) is 4.42. The van der Waals surface area contributed by atoms with Crippen molar-refractivity contribution in [3.8, 4) is 0 Å². The fourth-order valence-electron chi connectivity index (χ4n) is 4.23. The third-order valence-corrected chi connectivity index (χ3v) is 6.40. The summed E-state index contributed by atoms with van der Waals surface area (Å²) < 4.78 is 17.1. The smallest absolute Gasteiger partial charge is 0.278 e. The Labute approximate surface area is 205 Å². The van der Waals surface area contributed by atoms with E-state index in [0.717, 1.165) is 17.5 Å². The molecule has 2 heterocycles. The average Bonchev–Trinajstić information content (AvgIpc) is 3.15. The number of aryl methyl sites for hydroxylation is 1. The number of hydrogen-bond donors (Lipinski definition) is 1. The van der Waals surface area contributed by atoms with Crippen LogP contribution < -0.4 is 10.9 Å². The molecule has 0 aliphatic rings. The van der Waals surface area contributed by atoms with E-state index in [2.05, 4.69) is 17.2 Å². The van der Waals surface area contributed by atoms with Crippen LogP contribution in [-0.4, -0.2) is 20.0 Å². The molecule has 0 fully saturated rings. The van der Waals surface area contributed by atoms with E-state index in [0.29, 0.717) is 27.1 Å². The molecular formula is C27H22ClFN4O2. The van der Waals surface area contributed by atoms with E-state index in [9.17, 15) is 14.0 Å². The highest BCUT2D eigenvalue weighted by molar-refractivity contribution is 6.31. The first-order chi connectivity index (χ1) is 16.9. The van der Waals surface area contributed by atoms with Gasteiger partial charge in [-0.3, -0.25) is 14.2 Å². The van der Waals surface area contributed by atoms with Crippen molar-refractivity contribution in [1.29, 1.82) is 0 Å². The summed E-state index contributed by atoms with van der Waals surface area (Å²) in [4.78, 5) is 31.0. The second-order valence-electron chi connectivity index (χ2n) is 8.31. The van der Waals surface area contributed by atoms with Crippen molar-refractivity contribution < 1.29 is 9.18 Å². The van der Waals surface area contributed by atoms with Gasteiger partial charge in [0.25, 0.3) is 5.56 Å². The van der Waals surface area contributed by atoms with E-state index < -0.39 is 5.82 Å². The number of fused-ring (bicyclic) bond motifs is 3. The van der Waals surface area contributed by atoms with Crippen LogP contribution in [0.5, 0.6) is 0 Å². The predicted molar refractivity (Wildman–Crippen MR) is 136 cm³/mol. The Morgan fingerprint density at radius 2 is 1.86 bits per heavy atom. The van der Waals surface area contributed by atoms with Gasteiger partial charge in [-0.05, 0) is 53.9 Å². The second kappa shape index (κ2) is 9.35. The summed E-state index contributed by atoms with van der Waals surface area (Å²) in [5.41, 5.74) is 3.38. The molecule has 0 spiro atoms. The number of halogens is 2. The molecule has 1 amide bonds. The molecule has 3 aromatic carbocycles. The Bertz CT molecular complexity index is 1620. The highest BCUT2D eigenvalue weighted by Gasteiger charge is 2.19. The summed E-state index contributed by atoms with van der Waals surface area (Å²) in [5.74, 6) is -0.752. The monoisotopic (exact) mass is 488 g/mol. The van der Waals surface area contributed by atoms with Crippen LogP contribution in [-0.2, 0) is 24.3 Å². The molecule has 8 heteroatoms. The van der Waals surface area contributed by atoms with Crippen LogP contribution >= 0.6 is 11.6 Å². The first kappa shape index (κ1) is 22.8. The van der Waals surface area contributed by atoms with Crippen molar-refractivity contribution in [1.82, 2.24) is 14.1 Å². The molecule has 0 aliphatic carbocycles. The second-order valence-corrected chi connectivity index (χ2v) is 8.72. The Hall–Kier alpha value is -3.97. The Morgan fingerprint density at radius 1 is 1.09 bits per heavy atom. The van der Waals surface area contributed by atoms with Crippen molar-refractivity contribution in [2.45, 2.75) is 26.4 Å². The number of nitrogens with zero attached hydrogens (tertiary/aromatic N) is 3. The topological polar surface area (TPSA) is 68.9 Å². The Morgan fingerprint density at radius 3 is 2.60 bits per heavy atom. The van der Waals surface area contributed by atoms with Gasteiger partial charge in [-0.25, -0.2) is 9.37 Å². The van der Waals surface area contributed by atoms with Gasteiger partial charge in [-0.2, -0.15) is 0 Å². The summed E-state index contributed by atoms with van der Waals surface area (Å²) in [6.07, 6.45) is 2.33. The van der Waals surface area contributed by atoms with Crippen molar-refractivity contribution in [2.24, 2.45) is 0 Å². The molecule has 0 bridgehead atoms. The van der Waals surface area contributed by atoms with E-state index in [4.69, 9.17) is 11.6 Å². The molecule has 0 saturated carbocycles. The Kier molecular flexibility index (Phi) is 6.09. The van der Waals surface area contributed by atoms with Gasteiger partial charge in [0.2, 0.25) is 5.91 Å². The maximum atomic E-state index is 14.1.